The van der Waals surface area contributed by atoms with Crippen molar-refractivity contribution in [2.24, 2.45) is 11.1 Å². The molecule has 1 heterocycles. The molecule has 204 valence electrons. The molecule has 0 spiro atoms. The molecule has 1 atom stereocenters. The van der Waals surface area contributed by atoms with E-state index < -0.39 is 5.92 Å². The zero-order chi connectivity index (χ0) is 28.8. The molecule has 0 saturated carbocycles. The van der Waals surface area contributed by atoms with Gasteiger partial charge in [0.1, 0.15) is 18.2 Å². The van der Waals surface area contributed by atoms with Crippen LogP contribution < -0.4 is 15.4 Å². The van der Waals surface area contributed by atoms with Crippen LogP contribution in [-0.4, -0.2) is 5.78 Å². The Balaban J connectivity index is 1.67. The van der Waals surface area contributed by atoms with E-state index in [1.807, 2.05) is 61.2 Å². The van der Waals surface area contributed by atoms with Crippen molar-refractivity contribution in [2.75, 3.05) is 4.90 Å². The summed E-state index contributed by atoms with van der Waals surface area (Å²) < 4.78 is 7.03. The lowest BCUT2D eigenvalue weighted by Gasteiger charge is -2.44. The Bertz CT molecular complexity index is 1620. The Hall–Kier alpha value is -3.53. The molecule has 0 amide bonds. The molecule has 0 fully saturated rings. The number of aryl methyl sites for hydroxylation is 1. The summed E-state index contributed by atoms with van der Waals surface area (Å²) in [6.45, 7) is 8.54. The monoisotopic (exact) mass is 615 g/mol. The lowest BCUT2D eigenvalue weighted by Crippen LogP contribution is -2.42. The Kier molecular flexibility index (Phi) is 7.56. The number of carbonyl (C=O) groups is 1. The minimum absolute atomic E-state index is 0.0494. The number of hydrogen-bond donors (Lipinski definition) is 1. The van der Waals surface area contributed by atoms with Gasteiger partial charge in [-0.2, -0.15) is 5.26 Å². The Morgan fingerprint density at radius 2 is 1.82 bits per heavy atom. The highest BCUT2D eigenvalue weighted by atomic mass is 79.9. The number of ether oxygens (including phenoxy) is 1. The molecule has 2 aliphatic rings. The summed E-state index contributed by atoms with van der Waals surface area (Å²) >= 11 is 9.83. The molecule has 3 aromatic carbocycles. The largest absolute Gasteiger partial charge is 0.487 e. The third kappa shape index (κ3) is 5.16. The first kappa shape index (κ1) is 28.0. The van der Waals surface area contributed by atoms with Crippen LogP contribution in [-0.2, 0) is 11.4 Å². The van der Waals surface area contributed by atoms with Gasteiger partial charge in [-0.3, -0.25) is 9.69 Å². The standard InChI is InChI=1S/C33H31BrClN3O2/c1-19-13-21(18-40-29-8-6-5-7-26(29)35)20(2)24(14-19)30-25(17-36)32(37)38(23-11-9-22(34)10-12-23)27-15-33(3,4)16-28(39)31(27)30/h5-14,30H,15-16,18,37H2,1-4H3. The van der Waals surface area contributed by atoms with Crippen molar-refractivity contribution in [3.63, 3.8) is 0 Å². The minimum atomic E-state index is -0.561. The SMILES string of the molecule is Cc1cc(COc2ccccc2Cl)c(C)c(C2C(C#N)=C(N)N(c3ccc(Br)cc3)C3=C2C(=O)CC(C)(C)C3)c1. The highest BCUT2D eigenvalue weighted by Gasteiger charge is 2.45. The van der Waals surface area contributed by atoms with E-state index in [2.05, 4.69) is 48.0 Å². The van der Waals surface area contributed by atoms with E-state index in [1.165, 1.54) is 0 Å². The average Bonchev–Trinajstić information content (AvgIpc) is 2.89. The van der Waals surface area contributed by atoms with Crippen LogP contribution in [0.4, 0.5) is 5.69 Å². The van der Waals surface area contributed by atoms with Crippen LogP contribution in [0.1, 0.15) is 54.9 Å². The lowest BCUT2D eigenvalue weighted by molar-refractivity contribution is -0.118. The molecule has 40 heavy (non-hydrogen) atoms. The predicted molar refractivity (Wildman–Crippen MR) is 163 cm³/mol. The molecule has 0 saturated heterocycles. The number of rotatable bonds is 5. The molecule has 5 nitrogen and oxygen atoms in total. The Morgan fingerprint density at radius 1 is 1.12 bits per heavy atom. The summed E-state index contributed by atoms with van der Waals surface area (Å²) in [4.78, 5) is 15.9. The first-order valence-corrected chi connectivity index (χ1v) is 14.4. The highest BCUT2D eigenvalue weighted by Crippen LogP contribution is 2.51. The maximum absolute atomic E-state index is 14.0. The summed E-state index contributed by atoms with van der Waals surface area (Å²) in [5.41, 5.74) is 13.1. The highest BCUT2D eigenvalue weighted by molar-refractivity contribution is 9.10. The fraction of sp³-hybridized carbons (Fsp3) is 0.273. The number of carbonyl (C=O) groups excluding carboxylic acids is 1. The summed E-state index contributed by atoms with van der Waals surface area (Å²) in [7, 11) is 0. The maximum atomic E-state index is 14.0. The first-order chi connectivity index (χ1) is 19.0. The van der Waals surface area contributed by atoms with Crippen LogP contribution in [0.15, 0.2) is 87.8 Å². The van der Waals surface area contributed by atoms with Crippen molar-refractivity contribution in [3.8, 4) is 11.8 Å². The van der Waals surface area contributed by atoms with Gasteiger partial charge >= 0.3 is 0 Å². The second-order valence-corrected chi connectivity index (χ2v) is 12.6. The van der Waals surface area contributed by atoms with Crippen molar-refractivity contribution >= 4 is 39.0 Å². The van der Waals surface area contributed by atoms with Gasteiger partial charge in [-0.15, -0.1) is 0 Å². The molecule has 0 bridgehead atoms. The second-order valence-electron chi connectivity index (χ2n) is 11.3. The number of para-hydroxylation sites is 1. The van der Waals surface area contributed by atoms with Crippen LogP contribution in [0, 0.1) is 30.6 Å². The normalized spacial score (nSPS) is 18.5. The summed E-state index contributed by atoms with van der Waals surface area (Å²) in [5, 5.41) is 11.0. The van der Waals surface area contributed by atoms with E-state index in [-0.39, 0.29) is 11.2 Å². The zero-order valence-electron chi connectivity index (χ0n) is 23.0. The smallest absolute Gasteiger partial charge is 0.162 e. The van der Waals surface area contributed by atoms with E-state index in [0.29, 0.717) is 47.2 Å². The minimum Gasteiger partial charge on any atom is -0.487 e. The lowest BCUT2D eigenvalue weighted by atomic mass is 9.68. The Morgan fingerprint density at radius 3 is 2.50 bits per heavy atom. The van der Waals surface area contributed by atoms with Crippen molar-refractivity contribution in [2.45, 2.75) is 53.1 Å². The molecule has 7 heteroatoms. The van der Waals surface area contributed by atoms with E-state index in [4.69, 9.17) is 22.1 Å². The topological polar surface area (TPSA) is 79.3 Å². The zero-order valence-corrected chi connectivity index (χ0v) is 25.4. The van der Waals surface area contributed by atoms with Gasteiger partial charge in [0.15, 0.2) is 5.78 Å². The van der Waals surface area contributed by atoms with Gasteiger partial charge < -0.3 is 10.5 Å². The molecular formula is C33H31BrClN3O2. The molecule has 0 aromatic heterocycles. The number of ketones is 1. The van der Waals surface area contributed by atoms with Crippen LogP contribution in [0.5, 0.6) is 5.75 Å². The molecular weight excluding hydrogens is 586 g/mol. The molecule has 1 aliphatic carbocycles. The van der Waals surface area contributed by atoms with Gasteiger partial charge in [0.05, 0.1) is 22.6 Å². The summed E-state index contributed by atoms with van der Waals surface area (Å²) in [6, 6.07) is 21.7. The van der Waals surface area contributed by atoms with E-state index in [1.54, 1.807) is 6.07 Å². The van der Waals surface area contributed by atoms with E-state index >= 15 is 0 Å². The fourth-order valence-corrected chi connectivity index (χ4v) is 6.29. The third-order valence-electron chi connectivity index (χ3n) is 7.70. The predicted octanol–water partition coefficient (Wildman–Crippen LogP) is 8.24. The van der Waals surface area contributed by atoms with Crippen LogP contribution in [0.25, 0.3) is 0 Å². The van der Waals surface area contributed by atoms with Gasteiger partial charge in [0, 0.05) is 27.9 Å². The van der Waals surface area contributed by atoms with Crippen LogP contribution in [0.2, 0.25) is 5.02 Å². The first-order valence-electron chi connectivity index (χ1n) is 13.2. The second kappa shape index (κ2) is 10.8. The fourth-order valence-electron chi connectivity index (χ4n) is 5.84. The van der Waals surface area contributed by atoms with Crippen LogP contribution in [0.3, 0.4) is 0 Å². The number of Topliss-reactive ketones (excluding diaryl/α,β-unsaturated/α-hetero) is 1. The maximum Gasteiger partial charge on any atom is 0.162 e. The van der Waals surface area contributed by atoms with Crippen molar-refractivity contribution < 1.29 is 9.53 Å². The molecule has 1 unspecified atom stereocenters. The van der Waals surface area contributed by atoms with Crippen molar-refractivity contribution in [3.05, 3.63) is 115 Å². The molecule has 2 N–H and O–H groups in total. The summed E-state index contributed by atoms with van der Waals surface area (Å²) in [6.07, 6.45) is 1.07. The van der Waals surface area contributed by atoms with Crippen molar-refractivity contribution in [1.82, 2.24) is 0 Å². The number of nitrogens with two attached hydrogens (primary N) is 1. The van der Waals surface area contributed by atoms with E-state index in [0.717, 1.165) is 38.1 Å². The number of allylic oxidation sites excluding steroid dienone is 3. The van der Waals surface area contributed by atoms with Gasteiger partial charge in [-0.25, -0.2) is 0 Å². The molecule has 5 rings (SSSR count). The number of anilines is 1. The van der Waals surface area contributed by atoms with Gasteiger partial charge in [0.2, 0.25) is 0 Å². The van der Waals surface area contributed by atoms with Gasteiger partial charge in [0.25, 0.3) is 0 Å². The molecule has 3 aromatic rings. The number of halogens is 2. The van der Waals surface area contributed by atoms with Crippen molar-refractivity contribution in [1.29, 1.82) is 5.26 Å². The molecule has 1 aliphatic heterocycles. The number of nitriles is 1. The van der Waals surface area contributed by atoms with Gasteiger partial charge in [-0.05, 0) is 78.8 Å². The number of hydrogen-bond acceptors (Lipinski definition) is 5. The molecule has 0 radical (unpaired) electrons. The quantitative estimate of drug-likeness (QED) is 0.312. The van der Waals surface area contributed by atoms with Gasteiger partial charge in [-0.1, -0.05) is 71.2 Å². The van der Waals surface area contributed by atoms with E-state index in [9.17, 15) is 10.1 Å². The average molecular weight is 617 g/mol. The third-order valence-corrected chi connectivity index (χ3v) is 8.54. The summed E-state index contributed by atoms with van der Waals surface area (Å²) in [5.74, 6) is 0.447. The Labute approximate surface area is 249 Å². The van der Waals surface area contributed by atoms with Crippen LogP contribution >= 0.6 is 27.5 Å². The number of nitrogens with zero attached hydrogens (tertiary/aromatic N) is 2. The number of benzene rings is 3.